The van der Waals surface area contributed by atoms with Gasteiger partial charge in [0.1, 0.15) is 5.82 Å². The number of carbonyl (C=O) groups excluding carboxylic acids is 1. The van der Waals surface area contributed by atoms with Gasteiger partial charge in [-0.05, 0) is 22.1 Å². The molecule has 0 aliphatic carbocycles. The monoisotopic (exact) mass is 464 g/mol. The first kappa shape index (κ1) is 23.0. The Hall–Kier alpha value is -3.17. The number of anilines is 1. The van der Waals surface area contributed by atoms with Gasteiger partial charge >= 0.3 is 0 Å². The Kier molecular flexibility index (Phi) is 7.74. The first-order valence-corrected chi connectivity index (χ1v) is 12.0. The molecule has 8 nitrogen and oxygen atoms in total. The number of aromatic nitrogens is 4. The van der Waals surface area contributed by atoms with Crippen molar-refractivity contribution >= 4 is 45.3 Å². The molecule has 0 saturated heterocycles. The lowest BCUT2D eigenvalue weighted by Crippen LogP contribution is -2.29. The highest BCUT2D eigenvalue weighted by Crippen LogP contribution is 2.24. The zero-order chi connectivity index (χ0) is 23.0. The molecule has 0 aliphatic heterocycles. The zero-order valence-electron chi connectivity index (χ0n) is 18.9. The van der Waals surface area contributed by atoms with Crippen molar-refractivity contribution in [3.05, 3.63) is 54.2 Å². The summed E-state index contributed by atoms with van der Waals surface area (Å²) < 4.78 is 6.94. The normalized spacial score (nSPS) is 11.2. The molecule has 9 heteroatoms. The third-order valence-electron chi connectivity index (χ3n) is 5.22. The van der Waals surface area contributed by atoms with E-state index in [4.69, 9.17) is 4.74 Å². The minimum absolute atomic E-state index is 0.0124. The van der Waals surface area contributed by atoms with Crippen molar-refractivity contribution in [1.82, 2.24) is 25.1 Å². The van der Waals surface area contributed by atoms with Crippen LogP contribution in [0.3, 0.4) is 0 Å². The minimum Gasteiger partial charge on any atom is -0.383 e. The van der Waals surface area contributed by atoms with Gasteiger partial charge in [-0.15, -0.1) is 0 Å². The van der Waals surface area contributed by atoms with Crippen LogP contribution >= 0.6 is 11.8 Å². The lowest BCUT2D eigenvalue weighted by Gasteiger charge is -2.10. The second kappa shape index (κ2) is 11.1. The molecule has 2 N–H and O–H groups in total. The molecular formula is C24H28N6O2S. The standard InChI is InChI=1S/C24H28N6O2S/c1-3-33-24-28-22(26-12-14-32-2)20-16-27-30(23(20)29-24)13-11-25-21(31)15-18-9-6-8-17-7-4-5-10-19(17)18/h4-10,16H,3,11-15H2,1-2H3,(H,25,31)(H,26,28,29). The van der Waals surface area contributed by atoms with Gasteiger partial charge in [-0.2, -0.15) is 5.10 Å². The Morgan fingerprint density at radius 2 is 1.94 bits per heavy atom. The predicted molar refractivity (Wildman–Crippen MR) is 133 cm³/mol. The largest absolute Gasteiger partial charge is 0.383 e. The molecule has 2 aromatic heterocycles. The van der Waals surface area contributed by atoms with E-state index in [0.717, 1.165) is 38.9 Å². The zero-order valence-corrected chi connectivity index (χ0v) is 19.7. The number of nitrogens with one attached hydrogen (secondary N) is 2. The van der Waals surface area contributed by atoms with Crippen LogP contribution < -0.4 is 10.6 Å². The number of hydrogen-bond donors (Lipinski definition) is 2. The minimum atomic E-state index is -0.0124. The number of benzene rings is 2. The fourth-order valence-corrected chi connectivity index (χ4v) is 4.25. The first-order chi connectivity index (χ1) is 16.2. The van der Waals surface area contributed by atoms with Crippen LogP contribution in [-0.4, -0.2) is 58.2 Å². The fourth-order valence-electron chi connectivity index (χ4n) is 3.68. The summed E-state index contributed by atoms with van der Waals surface area (Å²) in [7, 11) is 1.67. The molecule has 0 atom stereocenters. The van der Waals surface area contributed by atoms with Gasteiger partial charge in [0.25, 0.3) is 0 Å². The quantitative estimate of drug-likeness (QED) is 0.199. The summed E-state index contributed by atoms with van der Waals surface area (Å²) in [4.78, 5) is 21.9. The average molecular weight is 465 g/mol. The van der Waals surface area contributed by atoms with Gasteiger partial charge in [0.2, 0.25) is 5.91 Å². The number of nitrogens with zero attached hydrogens (tertiary/aromatic N) is 4. The second-order valence-corrected chi connectivity index (χ2v) is 8.71. The van der Waals surface area contributed by atoms with Gasteiger partial charge in [0.05, 0.1) is 31.2 Å². The molecule has 0 fully saturated rings. The first-order valence-electron chi connectivity index (χ1n) is 11.0. The van der Waals surface area contributed by atoms with E-state index < -0.39 is 0 Å². The molecule has 0 saturated carbocycles. The topological polar surface area (TPSA) is 94.0 Å². The van der Waals surface area contributed by atoms with Crippen LogP contribution in [0.4, 0.5) is 5.82 Å². The number of ether oxygens (including phenoxy) is 1. The smallest absolute Gasteiger partial charge is 0.224 e. The maximum atomic E-state index is 12.6. The molecule has 4 rings (SSSR count). The Morgan fingerprint density at radius 3 is 2.79 bits per heavy atom. The van der Waals surface area contributed by atoms with Crippen molar-refractivity contribution in [2.75, 3.05) is 37.9 Å². The molecule has 33 heavy (non-hydrogen) atoms. The van der Waals surface area contributed by atoms with Gasteiger partial charge < -0.3 is 15.4 Å². The number of methoxy groups -OCH3 is 1. The Labute approximate surface area is 197 Å². The summed E-state index contributed by atoms with van der Waals surface area (Å²) in [6.45, 7) is 4.29. The predicted octanol–water partition coefficient (Wildman–Crippen LogP) is 3.51. The fraction of sp³-hybridized carbons (Fsp3) is 0.333. The maximum absolute atomic E-state index is 12.6. The molecule has 0 radical (unpaired) electrons. The number of rotatable bonds is 11. The Bertz CT molecular complexity index is 1240. The van der Waals surface area contributed by atoms with Crippen LogP contribution in [0.5, 0.6) is 0 Å². The van der Waals surface area contributed by atoms with Crippen molar-refractivity contribution in [1.29, 1.82) is 0 Å². The lowest BCUT2D eigenvalue weighted by molar-refractivity contribution is -0.120. The Morgan fingerprint density at radius 1 is 1.09 bits per heavy atom. The van der Waals surface area contributed by atoms with Crippen LogP contribution in [0.1, 0.15) is 12.5 Å². The summed E-state index contributed by atoms with van der Waals surface area (Å²) in [6, 6.07) is 14.2. The number of carbonyl (C=O) groups is 1. The van der Waals surface area contributed by atoms with Gasteiger partial charge in [-0.1, -0.05) is 61.2 Å². The number of hydrogen-bond acceptors (Lipinski definition) is 7. The lowest BCUT2D eigenvalue weighted by atomic mass is 10.0. The SMILES string of the molecule is CCSc1nc(NCCOC)c2cnn(CCNC(=O)Cc3cccc4ccccc34)c2n1. The van der Waals surface area contributed by atoms with Crippen molar-refractivity contribution < 1.29 is 9.53 Å². The van der Waals surface area contributed by atoms with Crippen molar-refractivity contribution in [2.45, 2.75) is 25.0 Å². The Balaban J connectivity index is 1.42. The molecule has 172 valence electrons. The highest BCUT2D eigenvalue weighted by molar-refractivity contribution is 7.99. The van der Waals surface area contributed by atoms with Crippen LogP contribution in [0.2, 0.25) is 0 Å². The molecular weight excluding hydrogens is 436 g/mol. The van der Waals surface area contributed by atoms with Crippen LogP contribution in [0.25, 0.3) is 21.8 Å². The van der Waals surface area contributed by atoms with Gasteiger partial charge in [0.15, 0.2) is 10.8 Å². The molecule has 2 aromatic carbocycles. The van der Waals surface area contributed by atoms with E-state index in [0.29, 0.717) is 37.8 Å². The number of amides is 1. The van der Waals surface area contributed by atoms with Crippen LogP contribution in [0, 0.1) is 0 Å². The molecule has 0 spiro atoms. The van der Waals surface area contributed by atoms with E-state index in [-0.39, 0.29) is 5.91 Å². The molecule has 0 aliphatic rings. The molecule has 1 amide bonds. The number of fused-ring (bicyclic) bond motifs is 2. The molecule has 0 bridgehead atoms. The van der Waals surface area contributed by atoms with Gasteiger partial charge in [0, 0.05) is 20.2 Å². The third kappa shape index (κ3) is 5.61. The van der Waals surface area contributed by atoms with E-state index in [1.807, 2.05) is 28.9 Å². The highest BCUT2D eigenvalue weighted by atomic mass is 32.2. The average Bonchev–Trinajstić information content (AvgIpc) is 3.23. The van der Waals surface area contributed by atoms with Crippen molar-refractivity contribution in [3.63, 3.8) is 0 Å². The maximum Gasteiger partial charge on any atom is 0.224 e. The van der Waals surface area contributed by atoms with E-state index in [9.17, 15) is 4.79 Å². The van der Waals surface area contributed by atoms with Crippen LogP contribution in [-0.2, 0) is 22.5 Å². The van der Waals surface area contributed by atoms with E-state index >= 15 is 0 Å². The summed E-state index contributed by atoms with van der Waals surface area (Å²) in [5.41, 5.74) is 1.78. The van der Waals surface area contributed by atoms with E-state index in [1.54, 1.807) is 25.1 Å². The summed E-state index contributed by atoms with van der Waals surface area (Å²) in [5, 5.41) is 14.6. The summed E-state index contributed by atoms with van der Waals surface area (Å²) >= 11 is 1.58. The molecule has 2 heterocycles. The molecule has 4 aromatic rings. The van der Waals surface area contributed by atoms with E-state index in [2.05, 4.69) is 50.8 Å². The van der Waals surface area contributed by atoms with Gasteiger partial charge in [-0.25, -0.2) is 14.6 Å². The summed E-state index contributed by atoms with van der Waals surface area (Å²) in [6.07, 6.45) is 2.11. The van der Waals surface area contributed by atoms with Crippen LogP contribution in [0.15, 0.2) is 53.8 Å². The van der Waals surface area contributed by atoms with Gasteiger partial charge in [-0.3, -0.25) is 4.79 Å². The van der Waals surface area contributed by atoms with E-state index in [1.165, 1.54) is 0 Å². The van der Waals surface area contributed by atoms with Crippen molar-refractivity contribution in [2.24, 2.45) is 0 Å². The number of thioether (sulfide) groups is 1. The van der Waals surface area contributed by atoms with Crippen molar-refractivity contribution in [3.8, 4) is 0 Å². The summed E-state index contributed by atoms with van der Waals surface area (Å²) in [5.74, 6) is 1.61. The third-order valence-corrected chi connectivity index (χ3v) is 5.95. The molecule has 0 unspecified atom stereocenters. The second-order valence-electron chi connectivity index (χ2n) is 7.48. The highest BCUT2D eigenvalue weighted by Gasteiger charge is 2.13.